The van der Waals surface area contributed by atoms with Crippen molar-refractivity contribution >= 4 is 34.3 Å². The van der Waals surface area contributed by atoms with E-state index >= 15 is 0 Å². The first-order valence-corrected chi connectivity index (χ1v) is 11.5. The first-order chi connectivity index (χ1) is 14.5. The molecule has 5 nitrogen and oxygen atoms in total. The molecule has 156 valence electrons. The molecule has 1 N–H and O–H groups in total. The van der Waals surface area contributed by atoms with E-state index in [1.54, 1.807) is 4.57 Å². The first-order valence-electron chi connectivity index (χ1n) is 10.6. The van der Waals surface area contributed by atoms with Crippen molar-refractivity contribution in [1.29, 1.82) is 0 Å². The Morgan fingerprint density at radius 3 is 2.73 bits per heavy atom. The lowest BCUT2D eigenvalue weighted by atomic mass is 10.1. The largest absolute Gasteiger partial charge is 0.325 e. The maximum Gasteiger partial charge on any atom is 0.262 e. The highest BCUT2D eigenvalue weighted by atomic mass is 32.2. The van der Waals surface area contributed by atoms with Crippen LogP contribution in [0.5, 0.6) is 0 Å². The third-order valence-electron chi connectivity index (χ3n) is 5.82. The molecule has 2 aromatic carbocycles. The van der Waals surface area contributed by atoms with Crippen LogP contribution in [-0.4, -0.2) is 20.7 Å². The second kappa shape index (κ2) is 8.64. The summed E-state index contributed by atoms with van der Waals surface area (Å²) in [5.74, 6) is -0.0870. The second-order valence-electron chi connectivity index (χ2n) is 7.93. The van der Waals surface area contributed by atoms with Gasteiger partial charge in [0, 0.05) is 11.7 Å². The number of rotatable bonds is 6. The Kier molecular flexibility index (Phi) is 5.95. The van der Waals surface area contributed by atoms with Gasteiger partial charge < -0.3 is 5.32 Å². The number of amides is 1. The standard InChI is InChI=1S/C24H27N3O2S/c1-4-15(2)27-23(29)20-10-5-6-11-21(20)26-24(27)30-16(3)22(28)25-19-13-12-17-8-7-9-18(17)14-19/h5-6,10-16H,4,7-9H2,1-3H3,(H,25,28)/t15-,16-/m0/s1. The fourth-order valence-electron chi connectivity index (χ4n) is 3.89. The molecular weight excluding hydrogens is 394 g/mol. The van der Waals surface area contributed by atoms with E-state index in [1.807, 2.05) is 51.1 Å². The van der Waals surface area contributed by atoms with Crippen LogP contribution in [0.25, 0.3) is 10.9 Å². The van der Waals surface area contributed by atoms with Crippen LogP contribution in [0, 0.1) is 0 Å². The van der Waals surface area contributed by atoms with Gasteiger partial charge in [0.15, 0.2) is 5.16 Å². The summed E-state index contributed by atoms with van der Waals surface area (Å²) in [5.41, 5.74) is 4.15. The summed E-state index contributed by atoms with van der Waals surface area (Å²) in [4.78, 5) is 30.7. The number of nitrogens with zero attached hydrogens (tertiary/aromatic N) is 2. The predicted octanol–water partition coefficient (Wildman–Crippen LogP) is 4.98. The summed E-state index contributed by atoms with van der Waals surface area (Å²) in [6.07, 6.45) is 4.19. The molecule has 3 aromatic rings. The quantitative estimate of drug-likeness (QED) is 0.451. The van der Waals surface area contributed by atoms with Crippen molar-refractivity contribution < 1.29 is 4.79 Å². The molecule has 1 heterocycles. The number of aromatic nitrogens is 2. The molecule has 0 saturated carbocycles. The number of fused-ring (bicyclic) bond motifs is 2. The zero-order chi connectivity index (χ0) is 21.3. The van der Waals surface area contributed by atoms with E-state index in [-0.39, 0.29) is 22.8 Å². The van der Waals surface area contributed by atoms with Crippen molar-refractivity contribution in [2.75, 3.05) is 5.32 Å². The molecule has 1 aliphatic rings. The molecule has 0 bridgehead atoms. The third-order valence-corrected chi connectivity index (χ3v) is 6.89. The minimum absolute atomic E-state index is 0.00378. The third kappa shape index (κ3) is 4.01. The Morgan fingerprint density at radius 2 is 1.93 bits per heavy atom. The molecule has 6 heteroatoms. The number of benzene rings is 2. The van der Waals surface area contributed by atoms with Crippen LogP contribution in [0.15, 0.2) is 52.4 Å². The van der Waals surface area contributed by atoms with Crippen LogP contribution in [0.3, 0.4) is 0 Å². The van der Waals surface area contributed by atoms with Crippen molar-refractivity contribution in [1.82, 2.24) is 9.55 Å². The zero-order valence-corrected chi connectivity index (χ0v) is 18.5. The molecule has 4 rings (SSSR count). The van der Waals surface area contributed by atoms with Gasteiger partial charge in [0.1, 0.15) is 0 Å². The maximum absolute atomic E-state index is 13.1. The van der Waals surface area contributed by atoms with E-state index in [0.29, 0.717) is 16.1 Å². The maximum atomic E-state index is 13.1. The Bertz CT molecular complexity index is 1150. The molecular formula is C24H27N3O2S. The summed E-state index contributed by atoms with van der Waals surface area (Å²) in [7, 11) is 0. The number of carbonyl (C=O) groups excluding carboxylic acids is 1. The fourth-order valence-corrected chi connectivity index (χ4v) is 4.89. The highest BCUT2D eigenvalue weighted by Gasteiger charge is 2.22. The first kappa shape index (κ1) is 20.7. The van der Waals surface area contributed by atoms with Crippen molar-refractivity contribution in [2.45, 2.75) is 62.9 Å². The van der Waals surface area contributed by atoms with Gasteiger partial charge >= 0.3 is 0 Å². The van der Waals surface area contributed by atoms with Gasteiger partial charge in [0.05, 0.1) is 16.2 Å². The summed E-state index contributed by atoms with van der Waals surface area (Å²) in [5, 5.41) is 3.84. The molecule has 30 heavy (non-hydrogen) atoms. The van der Waals surface area contributed by atoms with Gasteiger partial charge in [0.25, 0.3) is 5.56 Å². The van der Waals surface area contributed by atoms with Crippen molar-refractivity contribution in [3.8, 4) is 0 Å². The lowest BCUT2D eigenvalue weighted by Gasteiger charge is -2.20. The number of thioether (sulfide) groups is 1. The number of aryl methyl sites for hydroxylation is 2. The monoisotopic (exact) mass is 421 g/mol. The lowest BCUT2D eigenvalue weighted by molar-refractivity contribution is -0.115. The van der Waals surface area contributed by atoms with E-state index in [2.05, 4.69) is 17.4 Å². The van der Waals surface area contributed by atoms with Gasteiger partial charge in [-0.15, -0.1) is 0 Å². The number of carbonyl (C=O) groups is 1. The molecule has 0 radical (unpaired) electrons. The number of hydrogen-bond acceptors (Lipinski definition) is 4. The van der Waals surface area contributed by atoms with Crippen molar-refractivity contribution in [2.24, 2.45) is 0 Å². The normalized spacial score (nSPS) is 15.0. The summed E-state index contributed by atoms with van der Waals surface area (Å²) in [6.45, 7) is 5.91. The van der Waals surface area contributed by atoms with E-state index in [4.69, 9.17) is 4.98 Å². The summed E-state index contributed by atoms with van der Waals surface area (Å²) >= 11 is 1.34. The number of nitrogens with one attached hydrogen (secondary N) is 1. The van der Waals surface area contributed by atoms with E-state index in [0.717, 1.165) is 24.9 Å². The molecule has 1 amide bonds. The van der Waals surface area contributed by atoms with Gasteiger partial charge in [-0.05, 0) is 74.9 Å². The molecule has 2 atom stereocenters. The fraction of sp³-hybridized carbons (Fsp3) is 0.375. The minimum Gasteiger partial charge on any atom is -0.325 e. The zero-order valence-electron chi connectivity index (χ0n) is 17.6. The average Bonchev–Trinajstić information content (AvgIpc) is 3.21. The highest BCUT2D eigenvalue weighted by Crippen LogP contribution is 2.28. The molecule has 0 spiro atoms. The van der Waals surface area contributed by atoms with E-state index in [9.17, 15) is 9.59 Å². The Labute approximate surface area is 180 Å². The topological polar surface area (TPSA) is 64.0 Å². The highest BCUT2D eigenvalue weighted by molar-refractivity contribution is 8.00. The van der Waals surface area contributed by atoms with Gasteiger partial charge in [-0.3, -0.25) is 14.2 Å². The van der Waals surface area contributed by atoms with Gasteiger partial charge in [-0.25, -0.2) is 4.98 Å². The smallest absolute Gasteiger partial charge is 0.262 e. The Balaban J connectivity index is 1.59. The molecule has 1 aliphatic carbocycles. The Morgan fingerprint density at radius 1 is 1.17 bits per heavy atom. The average molecular weight is 422 g/mol. The van der Waals surface area contributed by atoms with Crippen LogP contribution in [-0.2, 0) is 17.6 Å². The molecule has 0 saturated heterocycles. The number of hydrogen-bond donors (Lipinski definition) is 1. The van der Waals surface area contributed by atoms with Crippen LogP contribution in [0.4, 0.5) is 5.69 Å². The summed E-state index contributed by atoms with van der Waals surface area (Å²) < 4.78 is 1.73. The second-order valence-corrected chi connectivity index (χ2v) is 9.24. The molecule has 0 fully saturated rings. The van der Waals surface area contributed by atoms with E-state index in [1.165, 1.54) is 29.3 Å². The van der Waals surface area contributed by atoms with Crippen LogP contribution in [0.1, 0.15) is 50.8 Å². The van der Waals surface area contributed by atoms with Crippen LogP contribution < -0.4 is 10.9 Å². The minimum atomic E-state index is -0.387. The molecule has 0 unspecified atom stereocenters. The lowest BCUT2D eigenvalue weighted by Crippen LogP contribution is -2.28. The number of para-hydroxylation sites is 1. The van der Waals surface area contributed by atoms with Crippen molar-refractivity contribution in [3.05, 3.63) is 63.9 Å². The summed E-state index contributed by atoms with van der Waals surface area (Å²) in [6, 6.07) is 13.6. The predicted molar refractivity (Wildman–Crippen MR) is 123 cm³/mol. The SMILES string of the molecule is CC[C@H](C)n1c(S[C@@H](C)C(=O)Nc2ccc3c(c2)CCC3)nc2ccccc2c1=O. The molecule has 1 aromatic heterocycles. The Hall–Kier alpha value is -2.60. The van der Waals surface area contributed by atoms with Crippen LogP contribution in [0.2, 0.25) is 0 Å². The molecule has 0 aliphatic heterocycles. The van der Waals surface area contributed by atoms with Crippen LogP contribution >= 0.6 is 11.8 Å². The van der Waals surface area contributed by atoms with Gasteiger partial charge in [0.2, 0.25) is 5.91 Å². The van der Waals surface area contributed by atoms with Crippen molar-refractivity contribution in [3.63, 3.8) is 0 Å². The number of anilines is 1. The van der Waals surface area contributed by atoms with Gasteiger partial charge in [-0.1, -0.05) is 36.9 Å². The van der Waals surface area contributed by atoms with E-state index < -0.39 is 0 Å². The van der Waals surface area contributed by atoms with Gasteiger partial charge in [-0.2, -0.15) is 0 Å².